The Labute approximate surface area is 155 Å². The average molecular weight is 374 g/mol. The zero-order valence-corrected chi connectivity index (χ0v) is 15.0. The van der Waals surface area contributed by atoms with Gasteiger partial charge in [-0.3, -0.25) is 4.79 Å². The number of carbonyl (C=O) groups excluding carboxylic acids is 2. The molecule has 6 nitrogen and oxygen atoms in total. The van der Waals surface area contributed by atoms with Crippen molar-refractivity contribution in [2.45, 2.75) is 13.8 Å². The number of benzene rings is 2. The molecule has 0 heterocycles. The standard InChI is InChI=1S/C19H16ClNO5/c1-3-24-17-9-13(10-21)8-16(20)19(17)26-18(23)11-25-15-6-4-14(5-7-15)12(2)22/h4-9H,3,11H2,1-2H3. The maximum Gasteiger partial charge on any atom is 0.349 e. The summed E-state index contributed by atoms with van der Waals surface area (Å²) >= 11 is 6.08. The Morgan fingerprint density at radius 1 is 1.15 bits per heavy atom. The van der Waals surface area contributed by atoms with Crippen LogP contribution in [0.5, 0.6) is 17.2 Å². The molecule has 2 rings (SSSR count). The SMILES string of the molecule is CCOc1cc(C#N)cc(Cl)c1OC(=O)COc1ccc(C(C)=O)cc1. The zero-order chi connectivity index (χ0) is 19.1. The molecule has 134 valence electrons. The first-order chi connectivity index (χ1) is 12.4. The maximum atomic E-state index is 12.0. The van der Waals surface area contributed by atoms with E-state index < -0.39 is 5.97 Å². The normalized spacial score (nSPS) is 9.92. The summed E-state index contributed by atoms with van der Waals surface area (Å²) in [5.74, 6) is -0.0882. The lowest BCUT2D eigenvalue weighted by Gasteiger charge is -2.13. The van der Waals surface area contributed by atoms with Crippen molar-refractivity contribution in [2.75, 3.05) is 13.2 Å². The quantitative estimate of drug-likeness (QED) is 0.417. The van der Waals surface area contributed by atoms with E-state index in [-0.39, 0.29) is 28.9 Å². The molecule has 0 aliphatic rings. The van der Waals surface area contributed by atoms with Crippen LogP contribution >= 0.6 is 11.6 Å². The summed E-state index contributed by atoms with van der Waals surface area (Å²) in [5, 5.41) is 9.07. The number of hydrogen-bond acceptors (Lipinski definition) is 6. The predicted molar refractivity (Wildman–Crippen MR) is 94.9 cm³/mol. The molecular weight excluding hydrogens is 358 g/mol. The van der Waals surface area contributed by atoms with Gasteiger partial charge in [0.25, 0.3) is 0 Å². The van der Waals surface area contributed by atoms with Crippen LogP contribution in [0.1, 0.15) is 29.8 Å². The van der Waals surface area contributed by atoms with Gasteiger partial charge in [0.15, 0.2) is 23.9 Å². The second-order valence-electron chi connectivity index (χ2n) is 5.17. The Hall–Kier alpha value is -3.04. The Bertz CT molecular complexity index is 855. The van der Waals surface area contributed by atoms with E-state index >= 15 is 0 Å². The second kappa shape index (κ2) is 8.88. The number of carbonyl (C=O) groups is 2. The van der Waals surface area contributed by atoms with Crippen LogP contribution in [0.25, 0.3) is 0 Å². The molecule has 0 saturated carbocycles. The van der Waals surface area contributed by atoms with Crippen molar-refractivity contribution in [1.82, 2.24) is 0 Å². The van der Waals surface area contributed by atoms with Gasteiger partial charge in [0.2, 0.25) is 0 Å². The fourth-order valence-corrected chi connectivity index (χ4v) is 2.32. The van der Waals surface area contributed by atoms with Crippen LogP contribution in [0.2, 0.25) is 5.02 Å². The smallest absolute Gasteiger partial charge is 0.349 e. The van der Waals surface area contributed by atoms with E-state index in [9.17, 15) is 9.59 Å². The van der Waals surface area contributed by atoms with Gasteiger partial charge in [-0.1, -0.05) is 11.6 Å². The monoisotopic (exact) mass is 373 g/mol. The second-order valence-corrected chi connectivity index (χ2v) is 5.58. The van der Waals surface area contributed by atoms with E-state index in [0.717, 1.165) is 0 Å². The molecule has 0 saturated heterocycles. The maximum absolute atomic E-state index is 12.0. The topological polar surface area (TPSA) is 85.6 Å². The van der Waals surface area contributed by atoms with Gasteiger partial charge in [-0.25, -0.2) is 4.79 Å². The summed E-state index contributed by atoms with van der Waals surface area (Å²) in [7, 11) is 0. The largest absolute Gasteiger partial charge is 0.490 e. The Morgan fingerprint density at radius 3 is 2.42 bits per heavy atom. The number of nitriles is 1. The first-order valence-electron chi connectivity index (χ1n) is 7.75. The van der Waals surface area contributed by atoms with Gasteiger partial charge in [0, 0.05) is 11.6 Å². The lowest BCUT2D eigenvalue weighted by atomic mass is 10.1. The number of Topliss-reactive ketones (excluding diaryl/α,β-unsaturated/α-hetero) is 1. The molecule has 2 aromatic rings. The molecule has 0 amide bonds. The van der Waals surface area contributed by atoms with Crippen LogP contribution < -0.4 is 14.2 Å². The lowest BCUT2D eigenvalue weighted by Crippen LogP contribution is -2.18. The van der Waals surface area contributed by atoms with Gasteiger partial charge < -0.3 is 14.2 Å². The van der Waals surface area contributed by atoms with E-state index in [1.54, 1.807) is 31.2 Å². The number of esters is 1. The predicted octanol–water partition coefficient (Wildman–Crippen LogP) is 3.80. The van der Waals surface area contributed by atoms with Crippen LogP contribution in [-0.4, -0.2) is 25.0 Å². The Kier molecular flexibility index (Phi) is 6.59. The third kappa shape index (κ3) is 4.98. The summed E-state index contributed by atoms with van der Waals surface area (Å²) in [6, 6.07) is 11.2. The minimum absolute atomic E-state index is 0.0352. The highest BCUT2D eigenvalue weighted by Gasteiger charge is 2.17. The number of nitrogens with zero attached hydrogens (tertiary/aromatic N) is 1. The van der Waals surface area contributed by atoms with Gasteiger partial charge >= 0.3 is 5.97 Å². The van der Waals surface area contributed by atoms with Gasteiger partial charge in [-0.05, 0) is 44.2 Å². The number of hydrogen-bond donors (Lipinski definition) is 0. The van der Waals surface area contributed by atoms with Crippen LogP contribution in [0.4, 0.5) is 0 Å². The van der Waals surface area contributed by atoms with Crippen molar-refractivity contribution in [2.24, 2.45) is 0 Å². The van der Waals surface area contributed by atoms with Crippen molar-refractivity contribution in [3.8, 4) is 23.3 Å². The highest BCUT2D eigenvalue weighted by atomic mass is 35.5. The molecule has 0 unspecified atom stereocenters. The molecule has 0 fully saturated rings. The van der Waals surface area contributed by atoms with Crippen molar-refractivity contribution in [3.05, 3.63) is 52.5 Å². The first kappa shape index (κ1) is 19.3. The molecule has 0 bridgehead atoms. The van der Waals surface area contributed by atoms with E-state index in [4.69, 9.17) is 31.1 Å². The van der Waals surface area contributed by atoms with E-state index in [0.29, 0.717) is 23.5 Å². The van der Waals surface area contributed by atoms with Crippen LogP contribution in [0.15, 0.2) is 36.4 Å². The van der Waals surface area contributed by atoms with E-state index in [2.05, 4.69) is 0 Å². The number of ether oxygens (including phenoxy) is 3. The van der Waals surface area contributed by atoms with Crippen LogP contribution in [-0.2, 0) is 4.79 Å². The molecule has 7 heteroatoms. The van der Waals surface area contributed by atoms with Gasteiger partial charge in [-0.15, -0.1) is 0 Å². The zero-order valence-electron chi connectivity index (χ0n) is 14.2. The molecule has 26 heavy (non-hydrogen) atoms. The van der Waals surface area contributed by atoms with Gasteiger partial charge in [0.1, 0.15) is 5.75 Å². The van der Waals surface area contributed by atoms with Gasteiger partial charge in [-0.2, -0.15) is 5.26 Å². The van der Waals surface area contributed by atoms with Gasteiger partial charge in [0.05, 0.1) is 23.3 Å². The fraction of sp³-hybridized carbons (Fsp3) is 0.211. The Balaban J connectivity index is 2.05. The summed E-state index contributed by atoms with van der Waals surface area (Å²) < 4.78 is 15.9. The highest BCUT2D eigenvalue weighted by molar-refractivity contribution is 6.32. The summed E-state index contributed by atoms with van der Waals surface area (Å²) in [4.78, 5) is 23.3. The molecule has 2 aromatic carbocycles. The summed E-state index contributed by atoms with van der Waals surface area (Å²) in [6.45, 7) is 3.17. The molecule has 0 spiro atoms. The minimum atomic E-state index is -0.687. The first-order valence-corrected chi connectivity index (χ1v) is 8.13. The molecule has 0 aliphatic heterocycles. The molecule has 0 aliphatic carbocycles. The summed E-state index contributed by atoms with van der Waals surface area (Å²) in [6.07, 6.45) is 0. The fourth-order valence-electron chi connectivity index (χ4n) is 2.07. The molecule has 0 N–H and O–H groups in total. The van der Waals surface area contributed by atoms with E-state index in [1.807, 2.05) is 6.07 Å². The van der Waals surface area contributed by atoms with Crippen molar-refractivity contribution in [1.29, 1.82) is 5.26 Å². The summed E-state index contributed by atoms with van der Waals surface area (Å²) in [5.41, 5.74) is 0.839. The van der Waals surface area contributed by atoms with E-state index in [1.165, 1.54) is 19.1 Å². The Morgan fingerprint density at radius 2 is 1.85 bits per heavy atom. The van der Waals surface area contributed by atoms with Crippen LogP contribution in [0, 0.1) is 11.3 Å². The molecule has 0 radical (unpaired) electrons. The number of ketones is 1. The third-order valence-corrected chi connectivity index (χ3v) is 3.55. The molecule has 0 aromatic heterocycles. The van der Waals surface area contributed by atoms with Crippen molar-refractivity contribution in [3.63, 3.8) is 0 Å². The number of rotatable bonds is 7. The molecule has 0 atom stereocenters. The average Bonchev–Trinajstić information content (AvgIpc) is 2.63. The van der Waals surface area contributed by atoms with Crippen molar-refractivity contribution < 1.29 is 23.8 Å². The van der Waals surface area contributed by atoms with Crippen molar-refractivity contribution >= 4 is 23.4 Å². The minimum Gasteiger partial charge on any atom is -0.490 e. The van der Waals surface area contributed by atoms with Crippen LogP contribution in [0.3, 0.4) is 0 Å². The number of halogens is 1. The molecular formula is C19H16ClNO5. The third-order valence-electron chi connectivity index (χ3n) is 3.27. The highest BCUT2D eigenvalue weighted by Crippen LogP contribution is 2.36. The lowest BCUT2D eigenvalue weighted by molar-refractivity contribution is -0.136.